The quantitative estimate of drug-likeness (QED) is 0.440. The summed E-state index contributed by atoms with van der Waals surface area (Å²) in [4.78, 5) is 25.9. The molecular formula is C28H33ClFN5O3S. The number of carbonyl (C=O) groups excluding carboxylic acids is 1. The molecule has 3 aliphatic rings. The molecule has 1 aliphatic carbocycles. The number of carbonyl (C=O) groups is 1. The van der Waals surface area contributed by atoms with Crippen LogP contribution in [-0.2, 0) is 20.2 Å². The van der Waals surface area contributed by atoms with E-state index in [1.807, 2.05) is 0 Å². The fraction of sp³-hybridized carbons (Fsp3) is 0.464. The fourth-order valence-electron chi connectivity index (χ4n) is 6.40. The third-order valence-corrected chi connectivity index (χ3v) is 8.82. The van der Waals surface area contributed by atoms with Gasteiger partial charge in [-0.25, -0.2) is 17.8 Å². The molecule has 1 amide bonds. The lowest BCUT2D eigenvalue weighted by molar-refractivity contribution is -0.125. The van der Waals surface area contributed by atoms with Gasteiger partial charge >= 0.3 is 0 Å². The summed E-state index contributed by atoms with van der Waals surface area (Å²) in [6, 6.07) is 4.78. The van der Waals surface area contributed by atoms with Crippen LogP contribution in [0.2, 0.25) is 0 Å². The van der Waals surface area contributed by atoms with Crippen molar-refractivity contribution in [2.75, 3.05) is 40.9 Å². The lowest BCUT2D eigenvalue weighted by Gasteiger charge is -2.41. The van der Waals surface area contributed by atoms with E-state index < -0.39 is 21.3 Å². The predicted octanol–water partition coefficient (Wildman–Crippen LogP) is 5.11. The molecule has 0 bridgehead atoms. The molecule has 39 heavy (non-hydrogen) atoms. The number of halogens is 2. The zero-order chi connectivity index (χ0) is 27.0. The van der Waals surface area contributed by atoms with Crippen LogP contribution in [0.3, 0.4) is 0 Å². The molecule has 0 radical (unpaired) electrons. The van der Waals surface area contributed by atoms with Crippen molar-refractivity contribution < 1.29 is 17.6 Å². The third-order valence-electron chi connectivity index (χ3n) is 8.23. The molecule has 1 saturated heterocycles. The first-order valence-corrected chi connectivity index (χ1v) is 15.0. The Labute approximate surface area is 234 Å². The number of nitrogens with zero attached hydrogens (tertiary/aromatic N) is 4. The largest absolute Gasteiger partial charge is 0.354 e. The summed E-state index contributed by atoms with van der Waals surface area (Å²) in [6.07, 6.45) is 7.95. The number of rotatable bonds is 6. The van der Waals surface area contributed by atoms with E-state index in [4.69, 9.17) is 0 Å². The maximum Gasteiger partial charge on any atom is 0.237 e. The van der Waals surface area contributed by atoms with E-state index in [0.717, 1.165) is 61.7 Å². The van der Waals surface area contributed by atoms with Crippen molar-refractivity contribution in [2.24, 2.45) is 11.8 Å². The van der Waals surface area contributed by atoms with Crippen molar-refractivity contribution in [1.29, 1.82) is 0 Å². The molecule has 208 valence electrons. The topological polar surface area (TPSA) is 95.5 Å². The monoisotopic (exact) mass is 573 g/mol. The van der Waals surface area contributed by atoms with E-state index in [-0.39, 0.29) is 18.3 Å². The number of amides is 1. The van der Waals surface area contributed by atoms with Gasteiger partial charge in [0.1, 0.15) is 5.82 Å². The van der Waals surface area contributed by atoms with Crippen LogP contribution in [0.25, 0.3) is 22.0 Å². The van der Waals surface area contributed by atoms with Crippen molar-refractivity contribution >= 4 is 56.4 Å². The number of fused-ring (bicyclic) bond motifs is 4. The second-order valence-corrected chi connectivity index (χ2v) is 13.3. The maximum atomic E-state index is 15.5. The Bertz CT molecular complexity index is 1590. The van der Waals surface area contributed by atoms with Crippen molar-refractivity contribution in [3.63, 3.8) is 0 Å². The van der Waals surface area contributed by atoms with E-state index in [0.29, 0.717) is 40.0 Å². The van der Waals surface area contributed by atoms with Crippen LogP contribution < -0.4 is 14.5 Å². The van der Waals surface area contributed by atoms with Gasteiger partial charge in [-0.1, -0.05) is 20.3 Å². The highest BCUT2D eigenvalue weighted by atomic mass is 35.5. The van der Waals surface area contributed by atoms with Gasteiger partial charge in [0.2, 0.25) is 15.9 Å². The number of sulfonamides is 1. The first kappa shape index (κ1) is 27.6. The Morgan fingerprint density at radius 2 is 1.87 bits per heavy atom. The van der Waals surface area contributed by atoms with Crippen LogP contribution >= 0.6 is 12.4 Å². The van der Waals surface area contributed by atoms with Crippen molar-refractivity contribution in [3.8, 4) is 11.1 Å². The number of pyridine rings is 2. The molecular weight excluding hydrogens is 541 g/mol. The molecule has 6 rings (SSSR count). The molecule has 3 aromatic rings. The molecule has 1 aromatic carbocycles. The molecule has 8 nitrogen and oxygen atoms in total. The third kappa shape index (κ3) is 4.51. The summed E-state index contributed by atoms with van der Waals surface area (Å²) in [5.74, 6) is 1.26. The van der Waals surface area contributed by atoms with Gasteiger partial charge in [-0.05, 0) is 43.2 Å². The molecule has 1 N–H and O–H groups in total. The van der Waals surface area contributed by atoms with Crippen LogP contribution in [0.15, 0.2) is 30.6 Å². The van der Waals surface area contributed by atoms with Gasteiger partial charge < -0.3 is 9.80 Å². The highest BCUT2D eigenvalue weighted by Gasteiger charge is 2.54. The molecule has 2 fully saturated rings. The highest BCUT2D eigenvalue weighted by molar-refractivity contribution is 7.92. The predicted molar refractivity (Wildman–Crippen MR) is 155 cm³/mol. The van der Waals surface area contributed by atoms with Crippen LogP contribution in [0.5, 0.6) is 0 Å². The number of nitrogens with one attached hydrogen (secondary N) is 1. The van der Waals surface area contributed by atoms with Gasteiger partial charge in [0.25, 0.3) is 0 Å². The van der Waals surface area contributed by atoms with Crippen LogP contribution in [-0.4, -0.2) is 50.7 Å². The van der Waals surface area contributed by atoms with Gasteiger partial charge in [-0.2, -0.15) is 0 Å². The van der Waals surface area contributed by atoms with E-state index in [1.54, 1.807) is 36.5 Å². The van der Waals surface area contributed by atoms with Gasteiger partial charge in [0, 0.05) is 54.5 Å². The molecule has 2 aliphatic heterocycles. The second kappa shape index (κ2) is 9.59. The molecule has 2 aromatic heterocycles. The molecule has 0 unspecified atom stereocenters. The minimum Gasteiger partial charge on any atom is -0.354 e. The van der Waals surface area contributed by atoms with Gasteiger partial charge in [0.05, 0.1) is 34.8 Å². The summed E-state index contributed by atoms with van der Waals surface area (Å²) in [5, 5.41) is 0.747. The lowest BCUT2D eigenvalue weighted by atomic mass is 9.64. The zero-order valence-corrected chi connectivity index (χ0v) is 24.1. The lowest BCUT2D eigenvalue weighted by Crippen LogP contribution is -2.48. The number of benzene rings is 1. The summed E-state index contributed by atoms with van der Waals surface area (Å²) in [7, 11) is -1.83. The fourth-order valence-corrected chi connectivity index (χ4v) is 6.95. The normalized spacial score (nSPS) is 18.3. The van der Waals surface area contributed by atoms with Gasteiger partial charge in [0.15, 0.2) is 5.82 Å². The highest BCUT2D eigenvalue weighted by Crippen LogP contribution is 2.55. The van der Waals surface area contributed by atoms with Crippen LogP contribution in [0, 0.1) is 17.7 Å². The second-order valence-electron chi connectivity index (χ2n) is 11.5. The summed E-state index contributed by atoms with van der Waals surface area (Å²) < 4.78 is 42.5. The standard InChI is InChI=1S/C28H32FN5O3S.ClH/c1-16(2)8-17-14-34(15-17)26-23(32-38(4,36)37)9-18(12-31-26)19-10-20-22(11-21(19)29)30-13-24-25(20)28(6-5-7-28)27(35)33(24)3;/h9-13,16-17,32H,5-8,14-15H2,1-4H3;1H. The number of likely N-dealkylation sites (N-methyl/N-ethyl adjacent to an activating group) is 1. The zero-order valence-electron chi connectivity index (χ0n) is 22.5. The Balaban J connectivity index is 0.00000308. The average Bonchev–Trinajstić information content (AvgIpc) is 3.02. The molecule has 4 heterocycles. The van der Waals surface area contributed by atoms with Gasteiger partial charge in [-0.15, -0.1) is 12.4 Å². The van der Waals surface area contributed by atoms with Crippen molar-refractivity contribution in [1.82, 2.24) is 9.97 Å². The van der Waals surface area contributed by atoms with E-state index in [1.165, 1.54) is 6.07 Å². The van der Waals surface area contributed by atoms with E-state index >= 15 is 4.39 Å². The number of anilines is 3. The number of aromatic nitrogens is 2. The summed E-state index contributed by atoms with van der Waals surface area (Å²) in [6.45, 7) is 5.98. The SMILES string of the molecule is CC(C)CC1CN(c2ncc(-c3cc4c5c(cnc4cc3F)N(C)C(=O)C53CCC3)cc2NS(C)(=O)=O)C1.Cl. The minimum absolute atomic E-state index is 0. The van der Waals surface area contributed by atoms with Crippen molar-refractivity contribution in [2.45, 2.75) is 44.9 Å². The van der Waals surface area contributed by atoms with E-state index in [2.05, 4.69) is 33.4 Å². The summed E-state index contributed by atoms with van der Waals surface area (Å²) >= 11 is 0. The Kier molecular flexibility index (Phi) is 6.78. The maximum absolute atomic E-state index is 15.5. The van der Waals surface area contributed by atoms with Crippen LogP contribution in [0.1, 0.15) is 45.1 Å². The first-order valence-electron chi connectivity index (χ1n) is 13.1. The average molecular weight is 574 g/mol. The Hall–Kier alpha value is -2.98. The van der Waals surface area contributed by atoms with Crippen molar-refractivity contribution in [3.05, 3.63) is 42.0 Å². The summed E-state index contributed by atoms with van der Waals surface area (Å²) in [5.41, 5.74) is 2.68. The first-order chi connectivity index (χ1) is 18.0. The van der Waals surface area contributed by atoms with Crippen LogP contribution in [0.4, 0.5) is 21.6 Å². The molecule has 11 heteroatoms. The van der Waals surface area contributed by atoms with Gasteiger partial charge in [-0.3, -0.25) is 14.5 Å². The smallest absolute Gasteiger partial charge is 0.237 e. The minimum atomic E-state index is -3.59. The Morgan fingerprint density at radius 3 is 2.49 bits per heavy atom. The number of hydrogen-bond acceptors (Lipinski definition) is 6. The molecule has 1 spiro atoms. The molecule has 0 atom stereocenters. The number of hydrogen-bond donors (Lipinski definition) is 1. The van der Waals surface area contributed by atoms with E-state index in [9.17, 15) is 13.2 Å². The molecule has 1 saturated carbocycles. The Morgan fingerprint density at radius 1 is 1.15 bits per heavy atom.